The van der Waals surface area contributed by atoms with Crippen LogP contribution >= 0.6 is 0 Å². The second kappa shape index (κ2) is 6.69. The number of hydrogen-bond donors (Lipinski definition) is 1. The molecule has 0 amide bonds. The van der Waals surface area contributed by atoms with Gasteiger partial charge in [-0.25, -0.2) is 0 Å². The van der Waals surface area contributed by atoms with Crippen LogP contribution in [0.5, 0.6) is 0 Å². The quantitative estimate of drug-likeness (QED) is 0.846. The van der Waals surface area contributed by atoms with Crippen molar-refractivity contribution in [3.05, 3.63) is 48.0 Å². The van der Waals surface area contributed by atoms with Crippen LogP contribution in [-0.4, -0.2) is 11.1 Å². The summed E-state index contributed by atoms with van der Waals surface area (Å²) in [6, 6.07) is 14.8. The van der Waals surface area contributed by atoms with Crippen molar-refractivity contribution in [1.29, 1.82) is 0 Å². The first kappa shape index (κ1) is 13.2. The van der Waals surface area contributed by atoms with Crippen molar-refractivity contribution in [2.24, 2.45) is 0 Å². The minimum Gasteiger partial charge on any atom is -0.481 e. The zero-order chi connectivity index (χ0) is 12.7. The maximum absolute atomic E-state index is 9.60. The van der Waals surface area contributed by atoms with Gasteiger partial charge in [0.2, 0.25) is 0 Å². The zero-order valence-corrected chi connectivity index (χ0v) is 10.3. The smallest absolute Gasteiger partial charge is 0.303 e. The van der Waals surface area contributed by atoms with Gasteiger partial charge in [0, 0.05) is 6.42 Å². The van der Waals surface area contributed by atoms with Crippen LogP contribution in [0.3, 0.4) is 0 Å². The molecule has 0 unspecified atom stereocenters. The van der Waals surface area contributed by atoms with Gasteiger partial charge in [-0.15, -0.1) is 0 Å². The van der Waals surface area contributed by atoms with Crippen LogP contribution in [0.1, 0.15) is 25.3 Å². The monoisotopic (exact) mass is 230 g/mol. The molecule has 0 saturated heterocycles. The topological polar surface area (TPSA) is 37.3 Å². The van der Waals surface area contributed by atoms with Gasteiger partial charge >= 0.3 is 5.97 Å². The van der Waals surface area contributed by atoms with E-state index in [1.807, 2.05) is 6.92 Å². The molecule has 2 nitrogen and oxygen atoms in total. The van der Waals surface area contributed by atoms with Crippen molar-refractivity contribution in [2.75, 3.05) is 0 Å². The van der Waals surface area contributed by atoms with E-state index >= 15 is 0 Å². The van der Waals surface area contributed by atoms with Crippen LogP contribution in [0.2, 0.25) is 0 Å². The molecule has 0 saturated carbocycles. The SMILES string of the molecule is CCCC(=O)O.Cc1cccc2ccccc12. The Hall–Kier alpha value is -1.83. The lowest BCUT2D eigenvalue weighted by atomic mass is 10.1. The molecule has 0 atom stereocenters. The van der Waals surface area contributed by atoms with Gasteiger partial charge in [-0.2, -0.15) is 0 Å². The maximum atomic E-state index is 9.60. The van der Waals surface area contributed by atoms with Crippen molar-refractivity contribution >= 4 is 16.7 Å². The Balaban J connectivity index is 0.000000209. The maximum Gasteiger partial charge on any atom is 0.303 e. The Morgan fingerprint density at radius 1 is 1.12 bits per heavy atom. The molecule has 2 rings (SSSR count). The highest BCUT2D eigenvalue weighted by molar-refractivity contribution is 5.85. The fraction of sp³-hybridized carbons (Fsp3) is 0.267. The Morgan fingerprint density at radius 2 is 1.76 bits per heavy atom. The van der Waals surface area contributed by atoms with Gasteiger partial charge < -0.3 is 5.11 Å². The lowest BCUT2D eigenvalue weighted by molar-refractivity contribution is -0.137. The summed E-state index contributed by atoms with van der Waals surface area (Å²) in [5.74, 6) is -0.711. The number of carbonyl (C=O) groups is 1. The lowest BCUT2D eigenvalue weighted by Crippen LogP contribution is -1.90. The molecule has 0 aromatic heterocycles. The second-order valence-corrected chi connectivity index (χ2v) is 3.94. The van der Waals surface area contributed by atoms with Gasteiger partial charge in [-0.1, -0.05) is 49.4 Å². The Labute approximate surface area is 102 Å². The Bertz CT molecular complexity index is 484. The largest absolute Gasteiger partial charge is 0.481 e. The third kappa shape index (κ3) is 4.27. The van der Waals surface area contributed by atoms with Crippen molar-refractivity contribution in [3.8, 4) is 0 Å². The highest BCUT2D eigenvalue weighted by Gasteiger charge is 1.92. The van der Waals surface area contributed by atoms with E-state index in [-0.39, 0.29) is 0 Å². The molecular weight excluding hydrogens is 212 g/mol. The molecule has 2 heteroatoms. The fourth-order valence-corrected chi connectivity index (χ4v) is 1.60. The molecular formula is C15H18O2. The third-order valence-electron chi connectivity index (χ3n) is 2.47. The van der Waals surface area contributed by atoms with Gasteiger partial charge in [0.05, 0.1) is 0 Å². The molecule has 17 heavy (non-hydrogen) atoms. The summed E-state index contributed by atoms with van der Waals surface area (Å²) < 4.78 is 0. The molecule has 0 aliphatic heterocycles. The first-order valence-electron chi connectivity index (χ1n) is 5.81. The van der Waals surface area contributed by atoms with Crippen molar-refractivity contribution in [2.45, 2.75) is 26.7 Å². The molecule has 0 aliphatic carbocycles. The highest BCUT2D eigenvalue weighted by Crippen LogP contribution is 2.16. The molecule has 0 radical (unpaired) electrons. The summed E-state index contributed by atoms with van der Waals surface area (Å²) in [4.78, 5) is 9.60. The molecule has 0 fully saturated rings. The van der Waals surface area contributed by atoms with Crippen molar-refractivity contribution in [1.82, 2.24) is 0 Å². The predicted molar refractivity (Wildman–Crippen MR) is 71.2 cm³/mol. The molecule has 1 N–H and O–H groups in total. The van der Waals surface area contributed by atoms with E-state index in [1.54, 1.807) is 0 Å². The van der Waals surface area contributed by atoms with E-state index in [0.717, 1.165) is 6.42 Å². The summed E-state index contributed by atoms with van der Waals surface area (Å²) in [7, 11) is 0. The van der Waals surface area contributed by atoms with E-state index in [4.69, 9.17) is 5.11 Å². The number of carboxylic acid groups (broad SMARTS) is 1. The molecule has 2 aromatic carbocycles. The fourth-order valence-electron chi connectivity index (χ4n) is 1.60. The molecule has 0 spiro atoms. The number of fused-ring (bicyclic) bond motifs is 1. The molecule has 0 heterocycles. The number of aliphatic carboxylic acids is 1. The average molecular weight is 230 g/mol. The number of benzene rings is 2. The summed E-state index contributed by atoms with van der Waals surface area (Å²) >= 11 is 0. The van der Waals surface area contributed by atoms with Gasteiger partial charge in [0.15, 0.2) is 0 Å². The van der Waals surface area contributed by atoms with E-state index in [2.05, 4.69) is 49.4 Å². The van der Waals surface area contributed by atoms with Crippen LogP contribution < -0.4 is 0 Å². The van der Waals surface area contributed by atoms with E-state index in [0.29, 0.717) is 6.42 Å². The minimum absolute atomic E-state index is 0.292. The van der Waals surface area contributed by atoms with Crippen LogP contribution in [0.15, 0.2) is 42.5 Å². The first-order valence-corrected chi connectivity index (χ1v) is 5.81. The van der Waals surface area contributed by atoms with E-state index < -0.39 is 5.97 Å². The first-order chi connectivity index (χ1) is 8.15. The highest BCUT2D eigenvalue weighted by atomic mass is 16.4. The van der Waals surface area contributed by atoms with Crippen molar-refractivity contribution < 1.29 is 9.90 Å². The van der Waals surface area contributed by atoms with Gasteiger partial charge in [-0.3, -0.25) is 4.79 Å². The minimum atomic E-state index is -0.711. The molecule has 90 valence electrons. The Kier molecular flexibility index (Phi) is 5.21. The summed E-state index contributed by atoms with van der Waals surface area (Å²) in [6.45, 7) is 3.98. The summed E-state index contributed by atoms with van der Waals surface area (Å²) in [6.07, 6.45) is 1.02. The number of hydrogen-bond acceptors (Lipinski definition) is 1. The van der Waals surface area contributed by atoms with Crippen LogP contribution in [0.4, 0.5) is 0 Å². The predicted octanol–water partition coefficient (Wildman–Crippen LogP) is 4.02. The van der Waals surface area contributed by atoms with Crippen LogP contribution in [0, 0.1) is 6.92 Å². The van der Waals surface area contributed by atoms with Crippen LogP contribution in [-0.2, 0) is 4.79 Å². The molecule has 2 aromatic rings. The Morgan fingerprint density at radius 3 is 2.29 bits per heavy atom. The summed E-state index contributed by atoms with van der Waals surface area (Å²) in [5.41, 5.74) is 1.35. The second-order valence-electron chi connectivity index (χ2n) is 3.94. The van der Waals surface area contributed by atoms with Crippen LogP contribution in [0.25, 0.3) is 10.8 Å². The summed E-state index contributed by atoms with van der Waals surface area (Å²) in [5, 5.41) is 10.6. The van der Waals surface area contributed by atoms with Gasteiger partial charge in [0.25, 0.3) is 0 Å². The van der Waals surface area contributed by atoms with Gasteiger partial charge in [0.1, 0.15) is 0 Å². The van der Waals surface area contributed by atoms with Crippen molar-refractivity contribution in [3.63, 3.8) is 0 Å². The van der Waals surface area contributed by atoms with E-state index in [9.17, 15) is 4.79 Å². The molecule has 0 bridgehead atoms. The van der Waals surface area contributed by atoms with E-state index in [1.165, 1.54) is 16.3 Å². The zero-order valence-electron chi connectivity index (χ0n) is 10.3. The average Bonchev–Trinajstić information content (AvgIpc) is 2.30. The number of rotatable bonds is 2. The number of aryl methyl sites for hydroxylation is 1. The number of carboxylic acids is 1. The molecule has 0 aliphatic rings. The van der Waals surface area contributed by atoms with Gasteiger partial charge in [-0.05, 0) is 29.7 Å². The third-order valence-corrected chi connectivity index (χ3v) is 2.47. The normalized spacial score (nSPS) is 9.53. The standard InChI is InChI=1S/C11H10.C4H8O2/c1-9-5-4-7-10-6-2-3-8-11(9)10;1-2-3-4(5)6/h2-8H,1H3;2-3H2,1H3,(H,5,6). The lowest BCUT2D eigenvalue weighted by Gasteiger charge is -1.98.